The summed E-state index contributed by atoms with van der Waals surface area (Å²) in [5.74, 6) is 1.40. The number of hydrogen-bond acceptors (Lipinski definition) is 4. The van der Waals surface area contributed by atoms with Crippen LogP contribution < -0.4 is 10.1 Å². The molecule has 3 N–H and O–H groups in total. The molecule has 0 spiro atoms. The molecule has 0 amide bonds. The van der Waals surface area contributed by atoms with E-state index < -0.39 is 0 Å². The zero-order valence-corrected chi connectivity index (χ0v) is 14.0. The second-order valence-corrected chi connectivity index (χ2v) is 6.10. The minimum atomic E-state index is -0.0542. The second kappa shape index (κ2) is 6.11. The molecule has 5 heteroatoms. The van der Waals surface area contributed by atoms with E-state index in [1.165, 1.54) is 5.49 Å². The van der Waals surface area contributed by atoms with Gasteiger partial charge in [0.05, 0.1) is 5.49 Å². The topological polar surface area (TPSA) is 61.7 Å². The highest BCUT2D eigenvalue weighted by atomic mass is 32.1. The van der Waals surface area contributed by atoms with Crippen molar-refractivity contribution in [3.8, 4) is 23.0 Å². The maximum atomic E-state index is 9.79. The first-order chi connectivity index (χ1) is 12.2. The van der Waals surface area contributed by atoms with Gasteiger partial charge in [-0.15, -0.1) is 0 Å². The lowest BCUT2D eigenvalue weighted by molar-refractivity contribution is 0.428. The number of phenols is 2. The van der Waals surface area contributed by atoms with Crippen LogP contribution in [0.25, 0.3) is 0 Å². The fraction of sp³-hybridized carbons (Fsp3) is 0.0500. The van der Waals surface area contributed by atoms with Gasteiger partial charge in [-0.05, 0) is 29.8 Å². The molecule has 0 unspecified atom stereocenters. The number of thiocarbonyl (C=S) groups is 1. The molecule has 4 nitrogen and oxygen atoms in total. The highest BCUT2D eigenvalue weighted by Gasteiger charge is 2.29. The first kappa shape index (κ1) is 15.5. The molecule has 1 aliphatic rings. The minimum Gasteiger partial charge on any atom is -0.508 e. The van der Waals surface area contributed by atoms with Crippen molar-refractivity contribution in [1.29, 1.82) is 0 Å². The number of aromatic hydroxyl groups is 2. The van der Waals surface area contributed by atoms with E-state index >= 15 is 0 Å². The van der Waals surface area contributed by atoms with Crippen LogP contribution in [-0.4, -0.2) is 15.7 Å². The molecule has 0 aliphatic carbocycles. The maximum absolute atomic E-state index is 9.79. The molecular weight excluding hydrogens is 334 g/mol. The van der Waals surface area contributed by atoms with Gasteiger partial charge in [0.1, 0.15) is 23.0 Å². The van der Waals surface area contributed by atoms with E-state index in [1.54, 1.807) is 24.3 Å². The molecule has 1 aliphatic heterocycles. The molecule has 4 rings (SSSR count). The maximum Gasteiger partial charge on any atom is 0.135 e. The molecule has 0 saturated carbocycles. The highest BCUT2D eigenvalue weighted by Crippen LogP contribution is 2.49. The number of hydrogen-bond donors (Lipinski definition) is 3. The van der Waals surface area contributed by atoms with Crippen LogP contribution in [0.2, 0.25) is 0 Å². The quantitative estimate of drug-likeness (QED) is 0.466. The van der Waals surface area contributed by atoms with Crippen LogP contribution in [0.3, 0.4) is 0 Å². The van der Waals surface area contributed by atoms with E-state index in [-0.39, 0.29) is 17.4 Å². The molecular formula is C20H15NO3S. The van der Waals surface area contributed by atoms with Crippen molar-refractivity contribution in [2.75, 3.05) is 5.32 Å². The van der Waals surface area contributed by atoms with Gasteiger partial charge in [-0.3, -0.25) is 0 Å². The van der Waals surface area contributed by atoms with Crippen LogP contribution in [0.5, 0.6) is 23.0 Å². The normalized spacial score (nSPS) is 12.6. The molecule has 1 heterocycles. The smallest absolute Gasteiger partial charge is 0.135 e. The molecule has 0 atom stereocenters. The van der Waals surface area contributed by atoms with Gasteiger partial charge in [-0.2, -0.15) is 0 Å². The Bertz CT molecular complexity index is 902. The molecule has 0 aromatic heterocycles. The molecule has 0 fully saturated rings. The summed E-state index contributed by atoms with van der Waals surface area (Å²) in [7, 11) is 0. The number of phenolic OH excluding ortho intramolecular Hbond substituents is 2. The Morgan fingerprint density at radius 1 is 0.840 bits per heavy atom. The van der Waals surface area contributed by atoms with E-state index in [4.69, 9.17) is 17.0 Å². The number of anilines is 1. The summed E-state index contributed by atoms with van der Waals surface area (Å²) in [6, 6.07) is 18.2. The van der Waals surface area contributed by atoms with E-state index in [0.717, 1.165) is 22.4 Å². The number of nitrogens with one attached hydrogen (secondary N) is 1. The number of rotatable bonds is 3. The largest absolute Gasteiger partial charge is 0.508 e. The predicted molar refractivity (Wildman–Crippen MR) is 101 cm³/mol. The monoisotopic (exact) mass is 349 g/mol. The molecule has 25 heavy (non-hydrogen) atoms. The summed E-state index contributed by atoms with van der Waals surface area (Å²) < 4.78 is 5.90. The first-order valence-electron chi connectivity index (χ1n) is 7.79. The number of benzene rings is 3. The van der Waals surface area contributed by atoms with Crippen molar-refractivity contribution in [2.45, 2.75) is 5.92 Å². The van der Waals surface area contributed by atoms with Gasteiger partial charge in [-0.25, -0.2) is 0 Å². The zero-order chi connectivity index (χ0) is 17.4. The van der Waals surface area contributed by atoms with Gasteiger partial charge >= 0.3 is 0 Å². The SMILES string of the molecule is Oc1ccc2c(c1)Oc1cc(O)ccc1C2c1ccc(NC=S)cc1. The summed E-state index contributed by atoms with van der Waals surface area (Å²) in [5.41, 5.74) is 5.40. The molecule has 0 radical (unpaired) electrons. The molecule has 0 saturated heterocycles. The summed E-state index contributed by atoms with van der Waals surface area (Å²) in [6.45, 7) is 0. The van der Waals surface area contributed by atoms with Crippen LogP contribution in [0.15, 0.2) is 60.7 Å². The van der Waals surface area contributed by atoms with Crippen LogP contribution in [0.4, 0.5) is 5.69 Å². The third-order valence-corrected chi connectivity index (χ3v) is 4.42. The van der Waals surface area contributed by atoms with Gasteiger partial charge in [0, 0.05) is 34.9 Å². The predicted octanol–water partition coefficient (Wildman–Crippen LogP) is 4.75. The number of ether oxygens (including phenoxy) is 1. The van der Waals surface area contributed by atoms with Crippen molar-refractivity contribution in [3.63, 3.8) is 0 Å². The van der Waals surface area contributed by atoms with Crippen molar-refractivity contribution in [1.82, 2.24) is 0 Å². The Kier molecular flexibility index (Phi) is 3.78. The van der Waals surface area contributed by atoms with E-state index in [9.17, 15) is 10.2 Å². The Morgan fingerprint density at radius 2 is 1.40 bits per heavy atom. The molecule has 124 valence electrons. The van der Waals surface area contributed by atoms with E-state index in [0.29, 0.717) is 11.5 Å². The third kappa shape index (κ3) is 2.79. The zero-order valence-electron chi connectivity index (χ0n) is 13.1. The summed E-state index contributed by atoms with van der Waals surface area (Å²) in [6.07, 6.45) is 0. The fourth-order valence-corrected chi connectivity index (χ4v) is 3.32. The van der Waals surface area contributed by atoms with Gasteiger partial charge in [0.25, 0.3) is 0 Å². The minimum absolute atomic E-state index is 0.0542. The Balaban J connectivity index is 1.87. The van der Waals surface area contributed by atoms with Crippen LogP contribution in [0, 0.1) is 0 Å². The average Bonchev–Trinajstić information content (AvgIpc) is 2.60. The van der Waals surface area contributed by atoms with E-state index in [1.807, 2.05) is 36.4 Å². The van der Waals surface area contributed by atoms with Crippen molar-refractivity contribution >= 4 is 23.4 Å². The summed E-state index contributed by atoms with van der Waals surface area (Å²) >= 11 is 4.82. The van der Waals surface area contributed by atoms with Gasteiger partial charge in [0.15, 0.2) is 0 Å². The van der Waals surface area contributed by atoms with Crippen LogP contribution >= 0.6 is 12.2 Å². The van der Waals surface area contributed by atoms with Gasteiger partial charge in [-0.1, -0.05) is 36.5 Å². The fourth-order valence-electron chi connectivity index (χ4n) is 3.18. The van der Waals surface area contributed by atoms with Crippen molar-refractivity contribution in [3.05, 3.63) is 77.4 Å². The van der Waals surface area contributed by atoms with E-state index in [2.05, 4.69) is 5.32 Å². The Morgan fingerprint density at radius 3 is 1.92 bits per heavy atom. The lowest BCUT2D eigenvalue weighted by Gasteiger charge is -2.29. The first-order valence-corrected chi connectivity index (χ1v) is 8.26. The molecule has 3 aromatic carbocycles. The molecule has 0 bridgehead atoms. The average molecular weight is 349 g/mol. The molecule has 3 aromatic rings. The van der Waals surface area contributed by atoms with Gasteiger partial charge in [0.2, 0.25) is 0 Å². The lowest BCUT2D eigenvalue weighted by atomic mass is 9.82. The lowest BCUT2D eigenvalue weighted by Crippen LogP contribution is -2.11. The summed E-state index contributed by atoms with van der Waals surface area (Å²) in [4.78, 5) is 0. The summed E-state index contributed by atoms with van der Waals surface area (Å²) in [5, 5.41) is 22.6. The van der Waals surface area contributed by atoms with Gasteiger partial charge < -0.3 is 20.3 Å². The Hall–Kier alpha value is -3.05. The van der Waals surface area contributed by atoms with Crippen LogP contribution in [0.1, 0.15) is 22.6 Å². The van der Waals surface area contributed by atoms with Crippen molar-refractivity contribution < 1.29 is 14.9 Å². The Labute approximate surface area is 150 Å². The van der Waals surface area contributed by atoms with Crippen LogP contribution in [-0.2, 0) is 0 Å². The second-order valence-electron chi connectivity index (χ2n) is 5.86. The highest BCUT2D eigenvalue weighted by molar-refractivity contribution is 7.79. The number of fused-ring (bicyclic) bond motifs is 2. The van der Waals surface area contributed by atoms with Crippen molar-refractivity contribution in [2.24, 2.45) is 0 Å². The third-order valence-electron chi connectivity index (χ3n) is 4.31. The standard InChI is InChI=1S/C20H15NO3S/c22-14-5-7-16-18(9-14)24-19-10-15(23)6-8-17(19)20(16)12-1-3-13(4-2-12)21-11-25/h1-11,20,22-23H,(H,21,25).